The maximum Gasteiger partial charge on any atom is 0.303 e. The molecule has 8 nitrogen and oxygen atoms in total. The highest BCUT2D eigenvalue weighted by atomic mass is 19.2. The number of hydrogen-bond donors (Lipinski definition) is 2. The Kier molecular flexibility index (Phi) is 11.2. The molecule has 11 heteroatoms. The third kappa shape index (κ3) is 8.56. The number of fused-ring (bicyclic) bond motifs is 2. The Morgan fingerprint density at radius 2 is 1.58 bits per heavy atom. The van der Waals surface area contributed by atoms with Gasteiger partial charge in [0.2, 0.25) is 11.7 Å². The fourth-order valence-electron chi connectivity index (χ4n) is 6.97. The van der Waals surface area contributed by atoms with Gasteiger partial charge in [0.15, 0.2) is 17.4 Å². The number of carbonyl (C=O) groups excluding carboxylic acids is 2. The molecule has 1 aliphatic carbocycles. The summed E-state index contributed by atoms with van der Waals surface area (Å²) in [5.41, 5.74) is 4.68. The van der Waals surface area contributed by atoms with Gasteiger partial charge in [-0.15, -0.1) is 0 Å². The molecule has 3 aromatic carbocycles. The summed E-state index contributed by atoms with van der Waals surface area (Å²) in [6.07, 6.45) is 4.55. The Morgan fingerprint density at radius 3 is 2.30 bits per heavy atom. The average Bonchev–Trinajstić information content (AvgIpc) is 3.95. The second-order valence-electron chi connectivity index (χ2n) is 13.3. The van der Waals surface area contributed by atoms with Crippen LogP contribution in [0.3, 0.4) is 0 Å². The molecule has 0 unspecified atom stereocenters. The van der Waals surface area contributed by atoms with Gasteiger partial charge in [0, 0.05) is 50.1 Å². The fourth-order valence-corrected chi connectivity index (χ4v) is 6.97. The molecule has 2 fully saturated rings. The normalized spacial score (nSPS) is 18.6. The smallest absolute Gasteiger partial charge is 0.303 e. The van der Waals surface area contributed by atoms with Gasteiger partial charge >= 0.3 is 5.97 Å². The topological polar surface area (TPSA) is 99.2 Å². The number of nitrogens with one attached hydrogen (secondary N) is 1. The minimum Gasteiger partial charge on any atom is -0.488 e. The monoisotopic (exact) mass is 689 g/mol. The van der Waals surface area contributed by atoms with Gasteiger partial charge in [-0.1, -0.05) is 54.6 Å². The molecule has 2 aliphatic heterocycles. The van der Waals surface area contributed by atoms with Crippen molar-refractivity contribution in [3.05, 3.63) is 106 Å². The van der Waals surface area contributed by atoms with Crippen LogP contribution in [0.5, 0.6) is 5.75 Å². The van der Waals surface area contributed by atoms with Crippen LogP contribution < -0.4 is 10.1 Å². The van der Waals surface area contributed by atoms with E-state index in [1.54, 1.807) is 4.90 Å². The number of carboxylic acid groups (broad SMARTS) is 1. The largest absolute Gasteiger partial charge is 0.488 e. The summed E-state index contributed by atoms with van der Waals surface area (Å²) in [6.45, 7) is 1.39. The number of rotatable bonds is 15. The maximum atomic E-state index is 14.6. The van der Waals surface area contributed by atoms with Crippen LogP contribution in [-0.2, 0) is 27.2 Å². The van der Waals surface area contributed by atoms with E-state index in [1.165, 1.54) is 0 Å². The molecule has 2 N–H and O–H groups in total. The minimum atomic E-state index is -1.34. The number of halogens is 3. The first-order chi connectivity index (χ1) is 24.2. The molecule has 3 aliphatic rings. The highest BCUT2D eigenvalue weighted by molar-refractivity contribution is 6.03. The van der Waals surface area contributed by atoms with Gasteiger partial charge in [0.1, 0.15) is 0 Å². The molecule has 3 aromatic rings. The van der Waals surface area contributed by atoms with E-state index in [2.05, 4.69) is 17.4 Å². The van der Waals surface area contributed by atoms with Gasteiger partial charge in [-0.25, -0.2) is 8.78 Å². The van der Waals surface area contributed by atoms with Crippen molar-refractivity contribution in [1.29, 1.82) is 0 Å². The Morgan fingerprint density at radius 1 is 0.860 bits per heavy atom. The number of aliphatic carboxylic acids is 1. The number of hydrogen-bond acceptors (Lipinski definition) is 5. The zero-order valence-corrected chi connectivity index (χ0v) is 27.9. The van der Waals surface area contributed by atoms with E-state index in [0.29, 0.717) is 44.5 Å². The molecule has 6 rings (SSSR count). The summed E-state index contributed by atoms with van der Waals surface area (Å²) in [5, 5.41) is 12.7. The molecular formula is C39H42F3N3O5. The van der Waals surface area contributed by atoms with Gasteiger partial charge in [0.05, 0.1) is 12.6 Å². The van der Waals surface area contributed by atoms with Crippen molar-refractivity contribution >= 4 is 23.4 Å². The van der Waals surface area contributed by atoms with Crippen molar-refractivity contribution in [2.75, 3.05) is 26.2 Å². The lowest BCUT2D eigenvalue weighted by molar-refractivity contribution is -0.138. The lowest BCUT2D eigenvalue weighted by Gasteiger charge is -2.45. The third-order valence-corrected chi connectivity index (χ3v) is 9.66. The fraction of sp³-hybridized carbons (Fsp3) is 0.410. The molecule has 1 saturated carbocycles. The molecule has 2 amide bonds. The van der Waals surface area contributed by atoms with E-state index in [4.69, 9.17) is 9.84 Å². The van der Waals surface area contributed by atoms with Crippen LogP contribution in [-0.4, -0.2) is 77.1 Å². The number of nitrogens with zero attached hydrogens (tertiary/aromatic N) is 2. The van der Waals surface area contributed by atoms with Gasteiger partial charge in [-0.2, -0.15) is 4.39 Å². The van der Waals surface area contributed by atoms with Crippen molar-refractivity contribution in [2.24, 2.45) is 0 Å². The van der Waals surface area contributed by atoms with E-state index in [-0.39, 0.29) is 55.8 Å². The number of carboxylic acids is 1. The van der Waals surface area contributed by atoms with Crippen LogP contribution in [0.15, 0.2) is 72.3 Å². The first-order valence-corrected chi connectivity index (χ1v) is 17.4. The van der Waals surface area contributed by atoms with Crippen LogP contribution in [0.4, 0.5) is 13.2 Å². The lowest BCUT2D eigenvalue weighted by atomic mass is 9.82. The van der Waals surface area contributed by atoms with E-state index >= 15 is 0 Å². The van der Waals surface area contributed by atoms with E-state index in [9.17, 15) is 27.6 Å². The van der Waals surface area contributed by atoms with E-state index in [1.807, 2.05) is 47.4 Å². The maximum absolute atomic E-state index is 14.6. The summed E-state index contributed by atoms with van der Waals surface area (Å²) >= 11 is 0. The number of aryl methyl sites for hydroxylation is 1. The first-order valence-electron chi connectivity index (χ1n) is 17.4. The predicted octanol–water partition coefficient (Wildman–Crippen LogP) is 5.93. The number of ether oxygens (including phenoxy) is 1. The highest BCUT2D eigenvalue weighted by Gasteiger charge is 2.43. The zero-order valence-electron chi connectivity index (χ0n) is 27.9. The van der Waals surface area contributed by atoms with Crippen molar-refractivity contribution in [2.45, 2.75) is 75.9 Å². The van der Waals surface area contributed by atoms with Crippen LogP contribution >= 0.6 is 0 Å². The Bertz CT molecular complexity index is 1730. The van der Waals surface area contributed by atoms with Crippen LogP contribution in [0.25, 0.3) is 5.57 Å². The molecule has 2 atom stereocenters. The molecule has 0 spiro atoms. The number of piperazine rings is 1. The predicted molar refractivity (Wildman–Crippen MR) is 182 cm³/mol. The standard InChI is InChI=1S/C39H42F3N3O5/c40-31-17-18-32(41)38(37(31)42)50-21-5-8-26-11-13-27(14-12-26)30-22-28-23-44(34(46)9-4-10-35(47)48)24-33(43-28)36(30)39(49)45(29-15-16-29)20-19-25-6-2-1-3-7-25/h1-3,6-7,11-14,17-18,28-29,33,43H,4-5,8-10,15-16,19-24H2,(H,47,48)/t28-,33-/m1/s1. The number of carbonyl (C=O) groups is 3. The molecular weight excluding hydrogens is 647 g/mol. The lowest BCUT2D eigenvalue weighted by Crippen LogP contribution is -2.62. The van der Waals surface area contributed by atoms with Gasteiger partial charge in [-0.3, -0.25) is 14.4 Å². The van der Waals surface area contributed by atoms with Gasteiger partial charge in [0.25, 0.3) is 5.91 Å². The second kappa shape index (κ2) is 15.9. The van der Waals surface area contributed by atoms with Crippen LogP contribution in [0, 0.1) is 17.5 Å². The Labute approximate surface area is 289 Å². The molecule has 1 saturated heterocycles. The first kappa shape index (κ1) is 35.2. The van der Waals surface area contributed by atoms with Crippen LogP contribution in [0.1, 0.15) is 61.6 Å². The molecule has 0 aromatic heterocycles. The van der Waals surface area contributed by atoms with Gasteiger partial charge < -0.3 is 25.0 Å². The molecule has 0 radical (unpaired) electrons. The summed E-state index contributed by atoms with van der Waals surface area (Å²) in [4.78, 5) is 42.6. The van der Waals surface area contributed by atoms with E-state index < -0.39 is 29.2 Å². The zero-order chi connectivity index (χ0) is 35.2. The highest BCUT2D eigenvalue weighted by Crippen LogP contribution is 2.37. The molecule has 2 heterocycles. The SMILES string of the molecule is O=C(O)CCCC(=O)N1C[C@H]2CC(c3ccc(CCCOc4c(F)ccc(F)c4F)cc3)=C(C(=O)N(CCc3ccccc3)C3CC3)[C@@H](C1)N2. The number of amides is 2. The van der Waals surface area contributed by atoms with E-state index in [0.717, 1.165) is 53.7 Å². The van der Waals surface area contributed by atoms with Gasteiger partial charge in [-0.05, 0) is 79.3 Å². The second-order valence-corrected chi connectivity index (χ2v) is 13.3. The van der Waals surface area contributed by atoms with Crippen molar-refractivity contribution in [3.63, 3.8) is 0 Å². The quantitative estimate of drug-likeness (QED) is 0.152. The average molecular weight is 690 g/mol. The minimum absolute atomic E-state index is 0.00336. The summed E-state index contributed by atoms with van der Waals surface area (Å²) in [6, 6.07) is 19.3. The molecule has 2 bridgehead atoms. The van der Waals surface area contributed by atoms with Crippen molar-refractivity contribution in [3.8, 4) is 5.75 Å². The molecule has 50 heavy (non-hydrogen) atoms. The Hall–Kier alpha value is -4.64. The third-order valence-electron chi connectivity index (χ3n) is 9.66. The summed E-state index contributed by atoms with van der Waals surface area (Å²) in [7, 11) is 0. The van der Waals surface area contributed by atoms with Crippen molar-refractivity contribution in [1.82, 2.24) is 15.1 Å². The molecule has 264 valence electrons. The van der Waals surface area contributed by atoms with Crippen LogP contribution in [0.2, 0.25) is 0 Å². The Balaban J connectivity index is 1.20. The summed E-state index contributed by atoms with van der Waals surface area (Å²) in [5.74, 6) is -5.23. The number of benzene rings is 3. The van der Waals surface area contributed by atoms with Crippen molar-refractivity contribution < 1.29 is 37.4 Å². The summed E-state index contributed by atoms with van der Waals surface area (Å²) < 4.78 is 46.6.